The van der Waals surface area contributed by atoms with E-state index >= 15 is 0 Å². The number of carbonyl (C=O) groups excluding carboxylic acids is 1. The average Bonchev–Trinajstić information content (AvgIpc) is 3.10. The van der Waals surface area contributed by atoms with Crippen LogP contribution in [-0.4, -0.2) is 48.3 Å². The first-order valence-electron chi connectivity index (χ1n) is 9.80. The number of benzene rings is 2. The molecule has 1 amide bonds. The summed E-state index contributed by atoms with van der Waals surface area (Å²) in [5, 5.41) is 2.77. The molecule has 3 N–H and O–H groups in total. The highest BCUT2D eigenvalue weighted by Gasteiger charge is 2.26. The molecule has 0 aliphatic heterocycles. The lowest BCUT2D eigenvalue weighted by atomic mass is 10.2. The van der Waals surface area contributed by atoms with Gasteiger partial charge in [-0.05, 0) is 12.1 Å². The van der Waals surface area contributed by atoms with Crippen LogP contribution in [0.25, 0.3) is 27.9 Å². The van der Waals surface area contributed by atoms with Crippen LogP contribution in [-0.2, 0) is 0 Å². The van der Waals surface area contributed by atoms with Gasteiger partial charge < -0.3 is 25.3 Å². The van der Waals surface area contributed by atoms with Crippen molar-refractivity contribution < 1.29 is 19.0 Å². The van der Waals surface area contributed by atoms with Crippen LogP contribution in [0.15, 0.2) is 49.1 Å². The van der Waals surface area contributed by atoms with E-state index in [4.69, 9.17) is 29.9 Å². The van der Waals surface area contributed by atoms with Crippen LogP contribution in [0.3, 0.4) is 0 Å². The maximum atomic E-state index is 13.0. The standard InChI is InChI=1S/C23H23N5O4/c1-5-10-25-23(29)18-19-22(27-15-9-7-6-8-14(15)26-19)28(21(18)24)13-11-16(30-2)20(32-4)17(12-13)31-3/h5-9,11-12H,1,10,24H2,2-4H3,(H,25,29). The summed E-state index contributed by atoms with van der Waals surface area (Å²) in [6.07, 6.45) is 1.59. The quantitative estimate of drug-likeness (QED) is 0.431. The Morgan fingerprint density at radius 3 is 2.28 bits per heavy atom. The zero-order valence-electron chi connectivity index (χ0n) is 18.0. The van der Waals surface area contributed by atoms with Crippen LogP contribution in [0, 0.1) is 0 Å². The summed E-state index contributed by atoms with van der Waals surface area (Å²) >= 11 is 0. The zero-order chi connectivity index (χ0) is 22.8. The SMILES string of the molecule is C=CCNC(=O)c1c(N)n(-c2cc(OC)c(OC)c(OC)c2)c2nc3ccccc3nc12. The van der Waals surface area contributed by atoms with E-state index in [9.17, 15) is 4.79 Å². The second kappa shape index (κ2) is 8.46. The van der Waals surface area contributed by atoms with Gasteiger partial charge in [0.05, 0.1) is 38.1 Å². The summed E-state index contributed by atoms with van der Waals surface area (Å²) in [7, 11) is 4.58. The number of para-hydroxylation sites is 2. The van der Waals surface area contributed by atoms with E-state index in [1.54, 1.807) is 22.8 Å². The number of ether oxygens (including phenoxy) is 3. The number of nitrogens with one attached hydrogen (secondary N) is 1. The molecule has 0 radical (unpaired) electrons. The summed E-state index contributed by atoms with van der Waals surface area (Å²) in [6, 6.07) is 10.9. The number of anilines is 1. The van der Waals surface area contributed by atoms with Crippen molar-refractivity contribution in [3.05, 3.63) is 54.6 Å². The number of nitrogen functional groups attached to an aromatic ring is 1. The largest absolute Gasteiger partial charge is 0.493 e. The molecule has 0 unspecified atom stereocenters. The monoisotopic (exact) mass is 433 g/mol. The second-order valence-electron chi connectivity index (χ2n) is 6.86. The number of hydrogen-bond donors (Lipinski definition) is 2. The highest BCUT2D eigenvalue weighted by atomic mass is 16.5. The number of rotatable bonds is 7. The number of carbonyl (C=O) groups is 1. The molecule has 0 saturated carbocycles. The topological polar surface area (TPSA) is 114 Å². The number of hydrogen-bond acceptors (Lipinski definition) is 7. The van der Waals surface area contributed by atoms with Crippen LogP contribution in [0.2, 0.25) is 0 Å². The summed E-state index contributed by atoms with van der Waals surface area (Å²) in [5.41, 5.74) is 9.47. The van der Waals surface area contributed by atoms with E-state index < -0.39 is 0 Å². The number of amides is 1. The zero-order valence-corrected chi connectivity index (χ0v) is 18.0. The molecule has 4 rings (SSSR count). The Balaban J connectivity index is 2.07. The number of aromatic nitrogens is 3. The van der Waals surface area contributed by atoms with E-state index in [1.807, 2.05) is 24.3 Å². The van der Waals surface area contributed by atoms with Gasteiger partial charge in [-0.15, -0.1) is 6.58 Å². The first kappa shape index (κ1) is 21.0. The maximum Gasteiger partial charge on any atom is 0.257 e. The Morgan fingerprint density at radius 2 is 1.72 bits per heavy atom. The van der Waals surface area contributed by atoms with E-state index in [0.717, 1.165) is 0 Å². The van der Waals surface area contributed by atoms with Crippen molar-refractivity contribution in [2.75, 3.05) is 33.6 Å². The van der Waals surface area contributed by atoms with Gasteiger partial charge in [0.2, 0.25) is 5.75 Å². The lowest BCUT2D eigenvalue weighted by Gasteiger charge is -2.16. The fourth-order valence-electron chi connectivity index (χ4n) is 3.60. The highest BCUT2D eigenvalue weighted by Crippen LogP contribution is 2.41. The molecular formula is C23H23N5O4. The van der Waals surface area contributed by atoms with Gasteiger partial charge in [-0.3, -0.25) is 9.36 Å². The predicted octanol–water partition coefficient (Wildman–Crippen LogP) is 3.10. The Labute approximate surface area is 184 Å². The van der Waals surface area contributed by atoms with Gasteiger partial charge in [0.25, 0.3) is 5.91 Å². The minimum absolute atomic E-state index is 0.186. The molecular weight excluding hydrogens is 410 g/mol. The molecule has 0 saturated heterocycles. The molecule has 32 heavy (non-hydrogen) atoms. The van der Waals surface area contributed by atoms with Crippen molar-refractivity contribution in [3.63, 3.8) is 0 Å². The Bertz CT molecular complexity index is 1320. The van der Waals surface area contributed by atoms with E-state index in [0.29, 0.717) is 45.1 Å². The van der Waals surface area contributed by atoms with Gasteiger partial charge in [0.1, 0.15) is 16.9 Å². The van der Waals surface area contributed by atoms with Gasteiger partial charge in [-0.2, -0.15) is 0 Å². The molecule has 0 fully saturated rings. The first-order chi connectivity index (χ1) is 15.5. The lowest BCUT2D eigenvalue weighted by molar-refractivity contribution is 0.0960. The molecule has 2 aromatic carbocycles. The van der Waals surface area contributed by atoms with E-state index in [2.05, 4.69) is 11.9 Å². The van der Waals surface area contributed by atoms with Crippen molar-refractivity contribution in [1.29, 1.82) is 0 Å². The third kappa shape index (κ3) is 3.33. The maximum absolute atomic E-state index is 13.0. The van der Waals surface area contributed by atoms with Crippen LogP contribution >= 0.6 is 0 Å². The van der Waals surface area contributed by atoms with Gasteiger partial charge in [-0.25, -0.2) is 9.97 Å². The predicted molar refractivity (Wildman–Crippen MR) is 123 cm³/mol. The number of methoxy groups -OCH3 is 3. The highest BCUT2D eigenvalue weighted by molar-refractivity contribution is 6.11. The molecule has 164 valence electrons. The van der Waals surface area contributed by atoms with Crippen LogP contribution < -0.4 is 25.3 Å². The molecule has 4 aromatic rings. The molecule has 2 heterocycles. The Hall–Kier alpha value is -4.27. The van der Waals surface area contributed by atoms with Gasteiger partial charge in [0.15, 0.2) is 17.1 Å². The van der Waals surface area contributed by atoms with Crippen molar-refractivity contribution >= 4 is 33.9 Å². The van der Waals surface area contributed by atoms with Gasteiger partial charge in [-0.1, -0.05) is 18.2 Å². The van der Waals surface area contributed by atoms with Crippen molar-refractivity contribution in [2.45, 2.75) is 0 Å². The minimum atomic E-state index is -0.372. The molecule has 0 bridgehead atoms. The fraction of sp³-hybridized carbons (Fsp3) is 0.174. The molecule has 0 aliphatic rings. The van der Waals surface area contributed by atoms with Crippen LogP contribution in [0.1, 0.15) is 10.4 Å². The lowest BCUT2D eigenvalue weighted by Crippen LogP contribution is -2.24. The average molecular weight is 433 g/mol. The third-order valence-corrected chi connectivity index (χ3v) is 5.04. The molecule has 9 nitrogen and oxygen atoms in total. The first-order valence-corrected chi connectivity index (χ1v) is 9.80. The second-order valence-corrected chi connectivity index (χ2v) is 6.86. The summed E-state index contributed by atoms with van der Waals surface area (Å²) < 4.78 is 18.0. The third-order valence-electron chi connectivity index (χ3n) is 5.04. The Morgan fingerprint density at radius 1 is 1.09 bits per heavy atom. The van der Waals surface area contributed by atoms with Crippen molar-refractivity contribution in [3.8, 4) is 22.9 Å². The number of nitrogens with two attached hydrogens (primary N) is 1. The van der Waals surface area contributed by atoms with E-state index in [1.165, 1.54) is 21.3 Å². The van der Waals surface area contributed by atoms with Gasteiger partial charge in [0, 0.05) is 18.7 Å². The van der Waals surface area contributed by atoms with E-state index in [-0.39, 0.29) is 23.8 Å². The summed E-state index contributed by atoms with van der Waals surface area (Å²) in [6.45, 7) is 3.93. The normalized spacial score (nSPS) is 10.8. The van der Waals surface area contributed by atoms with Crippen LogP contribution in [0.4, 0.5) is 5.82 Å². The van der Waals surface area contributed by atoms with Crippen molar-refractivity contribution in [1.82, 2.24) is 19.9 Å². The summed E-state index contributed by atoms with van der Waals surface area (Å²) in [5.74, 6) is 1.13. The van der Waals surface area contributed by atoms with Crippen LogP contribution in [0.5, 0.6) is 17.2 Å². The molecule has 0 atom stereocenters. The smallest absolute Gasteiger partial charge is 0.257 e. The Kier molecular flexibility index (Phi) is 5.55. The minimum Gasteiger partial charge on any atom is -0.493 e. The summed E-state index contributed by atoms with van der Waals surface area (Å²) in [4.78, 5) is 22.4. The van der Waals surface area contributed by atoms with Crippen molar-refractivity contribution in [2.24, 2.45) is 0 Å². The van der Waals surface area contributed by atoms with Gasteiger partial charge >= 0.3 is 0 Å². The fourth-order valence-corrected chi connectivity index (χ4v) is 3.60. The molecule has 9 heteroatoms. The molecule has 0 spiro atoms. The number of nitrogens with zero attached hydrogens (tertiary/aromatic N) is 3. The number of fused-ring (bicyclic) bond motifs is 2. The molecule has 2 aromatic heterocycles. The molecule has 0 aliphatic carbocycles.